The number of nitrogens with one attached hydrogen (secondary N) is 5. The van der Waals surface area contributed by atoms with Gasteiger partial charge in [-0.1, -0.05) is 6.92 Å². The van der Waals surface area contributed by atoms with E-state index >= 15 is 0 Å². The number of H-pyrrole nitrogens is 5. The summed E-state index contributed by atoms with van der Waals surface area (Å²) in [6.45, 7) is 2.01. The number of rotatable bonds is 3. The fourth-order valence-corrected chi connectivity index (χ4v) is 3.97. The van der Waals surface area contributed by atoms with Gasteiger partial charge in [-0.05, 0) is 18.6 Å². The maximum Gasteiger partial charge on any atom is 0.327 e. The van der Waals surface area contributed by atoms with E-state index in [-0.39, 0.29) is 28.0 Å². The number of aromatic amines is 5. The number of anilines is 1. The van der Waals surface area contributed by atoms with Crippen LogP contribution in [0, 0.1) is 0 Å². The van der Waals surface area contributed by atoms with Crippen molar-refractivity contribution >= 4 is 28.2 Å². The quantitative estimate of drug-likeness (QED) is 0.299. The summed E-state index contributed by atoms with van der Waals surface area (Å²) in [5.74, 6) is -0.177. The van der Waals surface area contributed by atoms with Crippen molar-refractivity contribution < 1.29 is 0 Å². The fraction of sp³-hybridized carbons (Fsp3) is 0.125. The Hall–Kier alpha value is -3.60. The lowest BCUT2D eigenvalue weighted by Crippen LogP contribution is -2.26. The van der Waals surface area contributed by atoms with Crippen LogP contribution in [0.3, 0.4) is 0 Å². The van der Waals surface area contributed by atoms with Crippen LogP contribution in [-0.4, -0.2) is 24.9 Å². The van der Waals surface area contributed by atoms with Crippen molar-refractivity contribution in [1.82, 2.24) is 24.9 Å². The smallest absolute Gasteiger partial charge is 0.327 e. The van der Waals surface area contributed by atoms with Crippen LogP contribution >= 0.6 is 11.3 Å². The van der Waals surface area contributed by atoms with Gasteiger partial charge in [0, 0.05) is 10.4 Å². The molecule has 4 aromatic heterocycles. The summed E-state index contributed by atoms with van der Waals surface area (Å²) in [6.07, 6.45) is 0.818. The van der Waals surface area contributed by atoms with E-state index in [1.54, 1.807) is 0 Å². The molecule has 0 saturated heterocycles. The van der Waals surface area contributed by atoms with Gasteiger partial charge >= 0.3 is 11.4 Å². The van der Waals surface area contributed by atoms with Gasteiger partial charge in [0.2, 0.25) is 0 Å². The Morgan fingerprint density at radius 3 is 2.26 bits per heavy atom. The monoisotopic (exact) mass is 386 g/mol. The number of hydrogen-bond acceptors (Lipinski definition) is 6. The van der Waals surface area contributed by atoms with Gasteiger partial charge in [0.1, 0.15) is 11.5 Å². The van der Waals surface area contributed by atoms with E-state index in [0.29, 0.717) is 5.69 Å². The largest absolute Gasteiger partial charge is 0.384 e. The van der Waals surface area contributed by atoms with Crippen LogP contribution in [-0.2, 0) is 6.42 Å². The second-order valence-electron chi connectivity index (χ2n) is 5.85. The minimum atomic E-state index is -0.755. The van der Waals surface area contributed by atoms with E-state index in [1.807, 2.05) is 19.1 Å². The van der Waals surface area contributed by atoms with E-state index in [9.17, 15) is 19.2 Å². The highest BCUT2D eigenvalue weighted by molar-refractivity contribution is 7.15. The van der Waals surface area contributed by atoms with Crippen molar-refractivity contribution in [3.8, 4) is 21.7 Å². The molecule has 0 atom stereocenters. The standard InChI is InChI=1S/C16H14N6O4S/c1-2-5-3-4-6(27-5)10-7(8-11(17)19-15(25)21-13(8)23)9-12(18-10)20-16(26)22-14(9)24/h3-4H,2H2,1H3,(H4,17,19,21,23,25)(H3,18,20,22,24,26). The molecule has 0 saturated carbocycles. The molecule has 27 heavy (non-hydrogen) atoms. The summed E-state index contributed by atoms with van der Waals surface area (Å²) in [7, 11) is 0. The molecule has 0 aliphatic rings. The first kappa shape index (κ1) is 16.8. The molecule has 0 amide bonds. The van der Waals surface area contributed by atoms with Gasteiger partial charge in [-0.15, -0.1) is 11.3 Å². The Balaban J connectivity index is 2.20. The molecule has 4 heterocycles. The van der Waals surface area contributed by atoms with Crippen LogP contribution in [0.1, 0.15) is 11.8 Å². The van der Waals surface area contributed by atoms with Crippen LogP contribution in [0.4, 0.5) is 5.82 Å². The van der Waals surface area contributed by atoms with Gasteiger partial charge in [0.05, 0.1) is 21.5 Å². The van der Waals surface area contributed by atoms with Crippen molar-refractivity contribution in [2.24, 2.45) is 0 Å². The maximum absolute atomic E-state index is 12.5. The molecule has 0 spiro atoms. The second kappa shape index (κ2) is 5.99. The number of hydrogen-bond donors (Lipinski definition) is 6. The molecule has 7 N–H and O–H groups in total. The minimum Gasteiger partial charge on any atom is -0.384 e. The number of fused-ring (bicyclic) bond motifs is 1. The van der Waals surface area contributed by atoms with Gasteiger partial charge in [0.15, 0.2) is 0 Å². The molecular weight excluding hydrogens is 372 g/mol. The molecule has 0 radical (unpaired) electrons. The molecule has 138 valence electrons. The summed E-state index contributed by atoms with van der Waals surface area (Å²) in [6, 6.07) is 3.78. The Morgan fingerprint density at radius 1 is 0.889 bits per heavy atom. The summed E-state index contributed by atoms with van der Waals surface area (Å²) in [4.78, 5) is 62.1. The first-order valence-corrected chi connectivity index (χ1v) is 8.80. The highest BCUT2D eigenvalue weighted by Crippen LogP contribution is 2.39. The van der Waals surface area contributed by atoms with Crippen molar-refractivity contribution in [2.75, 3.05) is 5.73 Å². The van der Waals surface area contributed by atoms with E-state index in [2.05, 4.69) is 24.9 Å². The topological polar surface area (TPSA) is 173 Å². The molecule has 0 aliphatic carbocycles. The molecule has 4 aromatic rings. The molecule has 0 unspecified atom stereocenters. The number of aromatic nitrogens is 5. The summed E-state index contributed by atoms with van der Waals surface area (Å²) < 4.78 is 0. The molecule has 4 rings (SSSR count). The molecule has 0 aromatic carbocycles. The number of aryl methyl sites for hydroxylation is 1. The van der Waals surface area contributed by atoms with Crippen LogP contribution < -0.4 is 28.2 Å². The molecular formula is C16H14N6O4S. The number of nitrogens with two attached hydrogens (primary N) is 1. The lowest BCUT2D eigenvalue weighted by molar-refractivity contribution is 1.05. The lowest BCUT2D eigenvalue weighted by atomic mass is 10.0. The Labute approximate surface area is 153 Å². The SMILES string of the molecule is CCc1ccc(-c2[nH]c3[nH]c(=O)[nH]c(=O)c3c2-c2c(N)[nH]c(=O)[nH]c2=O)s1. The number of nitrogen functional groups attached to an aromatic ring is 1. The lowest BCUT2D eigenvalue weighted by Gasteiger charge is -2.05. The van der Waals surface area contributed by atoms with Crippen molar-refractivity contribution in [1.29, 1.82) is 0 Å². The third kappa shape index (κ3) is 2.64. The Bertz CT molecular complexity index is 1410. The molecule has 11 heteroatoms. The van der Waals surface area contributed by atoms with Crippen molar-refractivity contribution in [3.05, 3.63) is 58.7 Å². The van der Waals surface area contributed by atoms with Gasteiger partial charge in [0.25, 0.3) is 11.1 Å². The van der Waals surface area contributed by atoms with E-state index in [1.165, 1.54) is 11.3 Å². The van der Waals surface area contributed by atoms with E-state index in [0.717, 1.165) is 16.2 Å². The second-order valence-corrected chi connectivity index (χ2v) is 7.02. The van der Waals surface area contributed by atoms with Gasteiger partial charge in [-0.2, -0.15) is 0 Å². The molecule has 0 aliphatic heterocycles. The minimum absolute atomic E-state index is 0.0557. The third-order valence-electron chi connectivity index (χ3n) is 4.17. The van der Waals surface area contributed by atoms with E-state index < -0.39 is 22.5 Å². The van der Waals surface area contributed by atoms with Crippen molar-refractivity contribution in [2.45, 2.75) is 13.3 Å². The molecule has 0 fully saturated rings. The summed E-state index contributed by atoms with van der Waals surface area (Å²) in [5.41, 5.74) is 3.80. The number of thiophene rings is 1. The average molecular weight is 386 g/mol. The highest BCUT2D eigenvalue weighted by Gasteiger charge is 2.24. The predicted molar refractivity (Wildman–Crippen MR) is 103 cm³/mol. The Morgan fingerprint density at radius 2 is 1.59 bits per heavy atom. The first-order chi connectivity index (χ1) is 12.9. The van der Waals surface area contributed by atoms with E-state index in [4.69, 9.17) is 5.73 Å². The van der Waals surface area contributed by atoms with Gasteiger partial charge < -0.3 is 10.7 Å². The van der Waals surface area contributed by atoms with Crippen LogP contribution in [0.25, 0.3) is 32.7 Å². The summed E-state index contributed by atoms with van der Waals surface area (Å²) >= 11 is 1.47. The predicted octanol–water partition coefficient (Wildman–Crippen LogP) is 0.461. The third-order valence-corrected chi connectivity index (χ3v) is 5.42. The van der Waals surface area contributed by atoms with Crippen LogP contribution in [0.5, 0.6) is 0 Å². The summed E-state index contributed by atoms with van der Waals surface area (Å²) in [5, 5.41) is 0.0697. The zero-order chi connectivity index (χ0) is 19.3. The highest BCUT2D eigenvalue weighted by atomic mass is 32.1. The normalized spacial score (nSPS) is 11.3. The fourth-order valence-electron chi connectivity index (χ4n) is 3.02. The zero-order valence-electron chi connectivity index (χ0n) is 14.0. The van der Waals surface area contributed by atoms with Gasteiger partial charge in [-0.3, -0.25) is 29.5 Å². The molecule has 0 bridgehead atoms. The average Bonchev–Trinajstić information content (AvgIpc) is 3.18. The van der Waals surface area contributed by atoms with Crippen LogP contribution in [0.15, 0.2) is 31.3 Å². The Kier molecular flexibility index (Phi) is 3.73. The van der Waals surface area contributed by atoms with Gasteiger partial charge in [-0.25, -0.2) is 9.59 Å². The maximum atomic E-state index is 12.5. The first-order valence-electron chi connectivity index (χ1n) is 7.98. The zero-order valence-corrected chi connectivity index (χ0v) is 14.8. The molecule has 10 nitrogen and oxygen atoms in total. The van der Waals surface area contributed by atoms with Crippen LogP contribution in [0.2, 0.25) is 0 Å². The van der Waals surface area contributed by atoms with Crippen molar-refractivity contribution in [3.63, 3.8) is 0 Å².